The van der Waals surface area contributed by atoms with Crippen LogP contribution in [0.25, 0.3) is 11.4 Å². The minimum atomic E-state index is -0.740. The number of carbonyl (C=O) groups excluding carboxylic acids is 1. The summed E-state index contributed by atoms with van der Waals surface area (Å²) < 4.78 is 1.51. The van der Waals surface area contributed by atoms with Crippen LogP contribution in [0.3, 0.4) is 0 Å². The molecule has 0 bridgehead atoms. The van der Waals surface area contributed by atoms with Crippen LogP contribution in [0, 0.1) is 5.92 Å². The van der Waals surface area contributed by atoms with Gasteiger partial charge < -0.3 is 10.4 Å². The highest BCUT2D eigenvalue weighted by molar-refractivity contribution is 5.76. The molecule has 7 heteroatoms. The molecule has 1 aromatic heterocycles. The van der Waals surface area contributed by atoms with Crippen molar-refractivity contribution in [3.05, 3.63) is 36.7 Å². The monoisotopic (exact) mass is 328 g/mol. The van der Waals surface area contributed by atoms with E-state index in [4.69, 9.17) is 5.11 Å². The Morgan fingerprint density at radius 1 is 1.17 bits per heavy atom. The maximum Gasteiger partial charge on any atom is 0.306 e. The largest absolute Gasteiger partial charge is 0.481 e. The second kappa shape index (κ2) is 7.25. The molecule has 1 aliphatic rings. The second-order valence-electron chi connectivity index (χ2n) is 6.09. The Bertz CT molecular complexity index is 706. The zero-order valence-corrected chi connectivity index (χ0v) is 13.3. The van der Waals surface area contributed by atoms with Gasteiger partial charge >= 0.3 is 5.97 Å². The molecular weight excluding hydrogens is 308 g/mol. The van der Waals surface area contributed by atoms with Crippen molar-refractivity contribution in [3.63, 3.8) is 0 Å². The Balaban J connectivity index is 1.51. The van der Waals surface area contributed by atoms with Crippen molar-refractivity contribution in [2.75, 3.05) is 0 Å². The Labute approximate surface area is 139 Å². The molecule has 0 atom stereocenters. The van der Waals surface area contributed by atoms with Crippen LogP contribution in [0.15, 0.2) is 36.7 Å². The Hall–Kier alpha value is -2.70. The number of carboxylic acid groups (broad SMARTS) is 1. The van der Waals surface area contributed by atoms with E-state index in [1.54, 1.807) is 6.33 Å². The molecule has 1 aromatic carbocycles. The van der Waals surface area contributed by atoms with Crippen molar-refractivity contribution in [1.29, 1.82) is 0 Å². The summed E-state index contributed by atoms with van der Waals surface area (Å²) in [5, 5.41) is 16.3. The first kappa shape index (κ1) is 16.2. The standard InChI is InChI=1S/C17H20N4O3/c22-15(19-14-8-6-13(7-9-14)17(23)24)10-21-11-18-16(20-21)12-4-2-1-3-5-12/h1-5,11,13-14H,6-10H2,(H,19,22)(H,23,24). The van der Waals surface area contributed by atoms with Crippen LogP contribution in [0.2, 0.25) is 0 Å². The number of hydrogen-bond donors (Lipinski definition) is 2. The van der Waals surface area contributed by atoms with E-state index in [1.165, 1.54) is 4.68 Å². The number of aromatic nitrogens is 3. The smallest absolute Gasteiger partial charge is 0.306 e. The lowest BCUT2D eigenvalue weighted by Crippen LogP contribution is -2.40. The summed E-state index contributed by atoms with van der Waals surface area (Å²) in [7, 11) is 0. The van der Waals surface area contributed by atoms with Gasteiger partial charge in [-0.1, -0.05) is 30.3 Å². The SMILES string of the molecule is O=C(Cn1cnc(-c2ccccc2)n1)NC1CCC(C(=O)O)CC1. The van der Waals surface area contributed by atoms with Crippen molar-refractivity contribution in [2.45, 2.75) is 38.3 Å². The Kier molecular flexibility index (Phi) is 4.88. The lowest BCUT2D eigenvalue weighted by molar-refractivity contribution is -0.142. The first-order chi connectivity index (χ1) is 11.6. The number of nitrogens with one attached hydrogen (secondary N) is 1. The fraction of sp³-hybridized carbons (Fsp3) is 0.412. The fourth-order valence-corrected chi connectivity index (χ4v) is 3.00. The average Bonchev–Trinajstić information content (AvgIpc) is 3.04. The third kappa shape index (κ3) is 3.98. The molecule has 0 spiro atoms. The summed E-state index contributed by atoms with van der Waals surface area (Å²) in [6, 6.07) is 9.63. The maximum atomic E-state index is 12.1. The van der Waals surface area contributed by atoms with Crippen molar-refractivity contribution in [2.24, 2.45) is 5.92 Å². The van der Waals surface area contributed by atoms with Gasteiger partial charge in [0.1, 0.15) is 12.9 Å². The summed E-state index contributed by atoms with van der Waals surface area (Å²) in [5.41, 5.74) is 0.906. The molecule has 0 radical (unpaired) electrons. The van der Waals surface area contributed by atoms with Gasteiger partial charge in [0.2, 0.25) is 5.91 Å². The van der Waals surface area contributed by atoms with Crippen LogP contribution in [-0.4, -0.2) is 37.8 Å². The van der Waals surface area contributed by atoms with Crippen LogP contribution in [-0.2, 0) is 16.1 Å². The van der Waals surface area contributed by atoms with E-state index in [-0.39, 0.29) is 24.4 Å². The minimum absolute atomic E-state index is 0.0465. The molecular formula is C17H20N4O3. The van der Waals surface area contributed by atoms with Crippen LogP contribution < -0.4 is 5.32 Å². The number of amides is 1. The van der Waals surface area contributed by atoms with Crippen LogP contribution in [0.4, 0.5) is 0 Å². The first-order valence-corrected chi connectivity index (χ1v) is 8.09. The summed E-state index contributed by atoms with van der Waals surface area (Å²) in [5.74, 6) is -0.554. The van der Waals surface area contributed by atoms with E-state index in [0.29, 0.717) is 31.5 Å². The number of aliphatic carboxylic acids is 1. The van der Waals surface area contributed by atoms with Gasteiger partial charge in [0.15, 0.2) is 5.82 Å². The molecule has 1 heterocycles. The number of carbonyl (C=O) groups is 2. The van der Waals surface area contributed by atoms with Gasteiger partial charge in [-0.15, -0.1) is 0 Å². The van der Waals surface area contributed by atoms with Gasteiger partial charge in [0.25, 0.3) is 0 Å². The normalized spacial score (nSPS) is 20.5. The summed E-state index contributed by atoms with van der Waals surface area (Å²) in [6.07, 6.45) is 4.18. The van der Waals surface area contributed by atoms with E-state index in [2.05, 4.69) is 15.4 Å². The fourth-order valence-electron chi connectivity index (χ4n) is 3.00. The molecule has 0 aliphatic heterocycles. The zero-order chi connectivity index (χ0) is 16.9. The molecule has 1 amide bonds. The third-order valence-electron chi connectivity index (χ3n) is 4.32. The molecule has 7 nitrogen and oxygen atoms in total. The summed E-state index contributed by atoms with van der Waals surface area (Å²) in [4.78, 5) is 27.3. The van der Waals surface area contributed by atoms with Crippen LogP contribution >= 0.6 is 0 Å². The van der Waals surface area contributed by atoms with E-state index >= 15 is 0 Å². The molecule has 1 aliphatic carbocycles. The van der Waals surface area contributed by atoms with Gasteiger partial charge in [-0.2, -0.15) is 5.10 Å². The Morgan fingerprint density at radius 3 is 2.54 bits per heavy atom. The van der Waals surface area contributed by atoms with Crippen LogP contribution in [0.1, 0.15) is 25.7 Å². The average molecular weight is 328 g/mol. The predicted molar refractivity (Wildman–Crippen MR) is 87.0 cm³/mol. The highest BCUT2D eigenvalue weighted by Crippen LogP contribution is 2.24. The highest BCUT2D eigenvalue weighted by Gasteiger charge is 2.26. The van der Waals surface area contributed by atoms with E-state index in [0.717, 1.165) is 5.56 Å². The predicted octanol–water partition coefficient (Wildman–Crippen LogP) is 1.70. The molecule has 0 unspecified atom stereocenters. The van der Waals surface area contributed by atoms with Crippen molar-refractivity contribution >= 4 is 11.9 Å². The molecule has 24 heavy (non-hydrogen) atoms. The van der Waals surface area contributed by atoms with E-state index < -0.39 is 5.97 Å². The third-order valence-corrected chi connectivity index (χ3v) is 4.32. The van der Waals surface area contributed by atoms with Gasteiger partial charge in [-0.05, 0) is 25.7 Å². The molecule has 2 N–H and O–H groups in total. The number of hydrogen-bond acceptors (Lipinski definition) is 4. The summed E-state index contributed by atoms with van der Waals surface area (Å²) >= 11 is 0. The summed E-state index contributed by atoms with van der Waals surface area (Å²) in [6.45, 7) is 0.110. The van der Waals surface area contributed by atoms with Gasteiger partial charge in [-0.25, -0.2) is 9.67 Å². The van der Waals surface area contributed by atoms with Gasteiger partial charge in [0, 0.05) is 11.6 Å². The molecule has 3 rings (SSSR count). The number of benzene rings is 1. The molecule has 2 aromatic rings. The van der Waals surface area contributed by atoms with E-state index in [9.17, 15) is 9.59 Å². The molecule has 1 fully saturated rings. The number of rotatable bonds is 5. The lowest BCUT2D eigenvalue weighted by atomic mass is 9.86. The highest BCUT2D eigenvalue weighted by atomic mass is 16.4. The van der Waals surface area contributed by atoms with Gasteiger partial charge in [0.05, 0.1) is 5.92 Å². The number of carboxylic acids is 1. The zero-order valence-electron chi connectivity index (χ0n) is 13.3. The first-order valence-electron chi connectivity index (χ1n) is 8.09. The van der Waals surface area contributed by atoms with Crippen molar-refractivity contribution < 1.29 is 14.7 Å². The van der Waals surface area contributed by atoms with Crippen LogP contribution in [0.5, 0.6) is 0 Å². The topological polar surface area (TPSA) is 97.1 Å². The molecule has 1 saturated carbocycles. The Morgan fingerprint density at radius 2 is 1.88 bits per heavy atom. The van der Waals surface area contributed by atoms with Crippen molar-refractivity contribution in [1.82, 2.24) is 20.1 Å². The second-order valence-corrected chi connectivity index (χ2v) is 6.09. The maximum absolute atomic E-state index is 12.1. The van der Waals surface area contributed by atoms with Gasteiger partial charge in [-0.3, -0.25) is 9.59 Å². The molecule has 0 saturated heterocycles. The number of nitrogens with zero attached hydrogens (tertiary/aromatic N) is 3. The quantitative estimate of drug-likeness (QED) is 0.871. The van der Waals surface area contributed by atoms with E-state index in [1.807, 2.05) is 30.3 Å². The lowest BCUT2D eigenvalue weighted by Gasteiger charge is -2.26. The molecule has 126 valence electrons. The minimum Gasteiger partial charge on any atom is -0.481 e. The van der Waals surface area contributed by atoms with Crippen molar-refractivity contribution in [3.8, 4) is 11.4 Å².